The number of nitriles is 1. The Labute approximate surface area is 202 Å². The van der Waals surface area contributed by atoms with Gasteiger partial charge in [-0.3, -0.25) is 4.90 Å². The van der Waals surface area contributed by atoms with E-state index in [1.807, 2.05) is 17.0 Å². The fourth-order valence-electron chi connectivity index (χ4n) is 5.53. The minimum atomic E-state index is -4.49. The van der Waals surface area contributed by atoms with Gasteiger partial charge in [0.1, 0.15) is 12.2 Å². The number of anilines is 1. The fraction of sp³-hybridized carbons (Fsp3) is 0.462. The molecule has 2 heterocycles. The van der Waals surface area contributed by atoms with Gasteiger partial charge in [-0.15, -0.1) is 0 Å². The molecule has 3 aliphatic rings. The Kier molecular flexibility index (Phi) is 6.09. The molecule has 184 valence electrons. The Morgan fingerprint density at radius 3 is 2.37 bits per heavy atom. The predicted molar refractivity (Wildman–Crippen MR) is 124 cm³/mol. The van der Waals surface area contributed by atoms with Crippen LogP contribution in [0.15, 0.2) is 48.5 Å². The second-order valence-electron chi connectivity index (χ2n) is 9.86. The topological polar surface area (TPSA) is 59.8 Å². The summed E-state index contributed by atoms with van der Waals surface area (Å²) in [5.74, 6) is 0. The lowest BCUT2D eigenvalue weighted by Gasteiger charge is -2.58. The van der Waals surface area contributed by atoms with E-state index in [0.717, 1.165) is 44.6 Å². The van der Waals surface area contributed by atoms with Crippen molar-refractivity contribution in [2.24, 2.45) is 5.41 Å². The molecular formula is C26H27F3N4O2. The molecule has 35 heavy (non-hydrogen) atoms. The molecule has 1 amide bonds. The third-order valence-electron chi connectivity index (χ3n) is 7.28. The monoisotopic (exact) mass is 484 g/mol. The standard InChI is InChI=1S/C26H27F3N4O2/c27-26(28,29)21-6-7-23(20(12-21)15-30)32-8-10-33(11-9-32)24(34)35-22-13-25(14-22)17-31(18-25)16-19-4-2-1-3-5-19/h1-7,12,22H,8-11,13-14,16-18H2. The number of nitrogens with zero attached hydrogens (tertiary/aromatic N) is 4. The first kappa shape index (κ1) is 23.5. The Morgan fingerprint density at radius 2 is 1.74 bits per heavy atom. The number of alkyl halides is 3. The summed E-state index contributed by atoms with van der Waals surface area (Å²) in [6, 6.07) is 15.5. The van der Waals surface area contributed by atoms with Crippen LogP contribution in [-0.2, 0) is 17.5 Å². The molecule has 2 saturated heterocycles. The first-order valence-corrected chi connectivity index (χ1v) is 11.8. The van der Waals surface area contributed by atoms with Crippen LogP contribution in [-0.4, -0.2) is 61.3 Å². The summed E-state index contributed by atoms with van der Waals surface area (Å²) in [5, 5.41) is 9.34. The molecule has 0 N–H and O–H groups in total. The minimum absolute atomic E-state index is 0.0163. The number of hydrogen-bond acceptors (Lipinski definition) is 5. The number of amides is 1. The number of carbonyl (C=O) groups excluding carboxylic acids is 1. The Bertz CT molecular complexity index is 1110. The van der Waals surface area contributed by atoms with Gasteiger partial charge in [-0.05, 0) is 36.6 Å². The number of ether oxygens (including phenoxy) is 1. The smallest absolute Gasteiger partial charge is 0.416 e. The predicted octanol–water partition coefficient (Wildman–Crippen LogP) is 4.50. The lowest BCUT2D eigenvalue weighted by atomic mass is 9.61. The average molecular weight is 485 g/mol. The van der Waals surface area contributed by atoms with Gasteiger partial charge in [0.05, 0.1) is 16.8 Å². The molecule has 1 aliphatic carbocycles. The summed E-state index contributed by atoms with van der Waals surface area (Å²) < 4.78 is 44.6. The summed E-state index contributed by atoms with van der Waals surface area (Å²) >= 11 is 0. The van der Waals surface area contributed by atoms with Crippen molar-refractivity contribution in [3.8, 4) is 6.07 Å². The number of hydrogen-bond donors (Lipinski definition) is 0. The average Bonchev–Trinajstić information content (AvgIpc) is 2.81. The van der Waals surface area contributed by atoms with Gasteiger partial charge in [0.15, 0.2) is 0 Å². The van der Waals surface area contributed by atoms with Crippen LogP contribution in [0.3, 0.4) is 0 Å². The van der Waals surface area contributed by atoms with E-state index in [9.17, 15) is 23.2 Å². The molecule has 2 aromatic rings. The molecule has 0 atom stereocenters. The lowest BCUT2D eigenvalue weighted by Crippen LogP contribution is -2.64. The van der Waals surface area contributed by atoms with Crippen molar-refractivity contribution in [1.82, 2.24) is 9.80 Å². The number of likely N-dealkylation sites (tertiary alicyclic amines) is 1. The summed E-state index contributed by atoms with van der Waals surface area (Å²) in [6.07, 6.45) is -3.11. The van der Waals surface area contributed by atoms with Gasteiger partial charge in [0, 0.05) is 51.2 Å². The maximum Gasteiger partial charge on any atom is 0.416 e. The fourth-order valence-corrected chi connectivity index (χ4v) is 5.53. The highest BCUT2D eigenvalue weighted by atomic mass is 19.4. The first-order chi connectivity index (χ1) is 16.7. The number of carbonyl (C=O) groups is 1. The normalized spacial score (nSPS) is 20.2. The van der Waals surface area contributed by atoms with Crippen molar-refractivity contribution in [3.05, 3.63) is 65.2 Å². The number of rotatable bonds is 4. The van der Waals surface area contributed by atoms with Crippen LogP contribution in [0.2, 0.25) is 0 Å². The Balaban J connectivity index is 1.07. The molecule has 1 spiro atoms. The van der Waals surface area contributed by atoms with E-state index in [1.54, 1.807) is 4.90 Å². The van der Waals surface area contributed by atoms with Gasteiger partial charge < -0.3 is 14.5 Å². The molecule has 9 heteroatoms. The molecule has 0 radical (unpaired) electrons. The van der Waals surface area contributed by atoms with Gasteiger partial charge in [0.25, 0.3) is 0 Å². The molecule has 2 aliphatic heterocycles. The SMILES string of the molecule is N#Cc1cc(C(F)(F)F)ccc1N1CCN(C(=O)OC2CC3(C2)CN(Cc2ccccc2)C3)CC1. The van der Waals surface area contributed by atoms with Crippen molar-refractivity contribution in [2.75, 3.05) is 44.2 Å². The van der Waals surface area contributed by atoms with Crippen molar-refractivity contribution >= 4 is 11.8 Å². The van der Waals surface area contributed by atoms with Crippen molar-refractivity contribution in [3.63, 3.8) is 0 Å². The summed E-state index contributed by atoms with van der Waals surface area (Å²) in [5.41, 5.74) is 1.18. The summed E-state index contributed by atoms with van der Waals surface area (Å²) in [7, 11) is 0. The lowest BCUT2D eigenvalue weighted by molar-refractivity contribution is -0.137. The molecule has 6 nitrogen and oxygen atoms in total. The van der Waals surface area contributed by atoms with E-state index in [-0.39, 0.29) is 23.2 Å². The first-order valence-electron chi connectivity index (χ1n) is 11.8. The second kappa shape index (κ2) is 9.08. The third kappa shape index (κ3) is 4.94. The number of piperazine rings is 1. The van der Waals surface area contributed by atoms with E-state index >= 15 is 0 Å². The number of benzene rings is 2. The van der Waals surface area contributed by atoms with Crippen LogP contribution in [0.5, 0.6) is 0 Å². The maximum absolute atomic E-state index is 13.0. The van der Waals surface area contributed by atoms with Gasteiger partial charge in [-0.25, -0.2) is 4.79 Å². The molecule has 2 aromatic carbocycles. The van der Waals surface area contributed by atoms with Crippen LogP contribution in [0.1, 0.15) is 29.5 Å². The van der Waals surface area contributed by atoms with Crippen molar-refractivity contribution in [2.45, 2.75) is 31.7 Å². The van der Waals surface area contributed by atoms with Gasteiger partial charge in [-0.2, -0.15) is 18.4 Å². The zero-order valence-corrected chi connectivity index (χ0v) is 19.3. The van der Waals surface area contributed by atoms with Crippen molar-refractivity contribution < 1.29 is 22.7 Å². The third-order valence-corrected chi connectivity index (χ3v) is 7.28. The zero-order valence-electron chi connectivity index (χ0n) is 19.3. The van der Waals surface area contributed by atoms with Crippen molar-refractivity contribution in [1.29, 1.82) is 5.26 Å². The largest absolute Gasteiger partial charge is 0.446 e. The molecule has 3 fully saturated rings. The Hall–Kier alpha value is -3.25. The van der Waals surface area contributed by atoms with E-state index < -0.39 is 11.7 Å². The summed E-state index contributed by atoms with van der Waals surface area (Å²) in [4.78, 5) is 18.5. The minimum Gasteiger partial charge on any atom is -0.446 e. The van der Waals surface area contributed by atoms with Crippen LogP contribution >= 0.6 is 0 Å². The van der Waals surface area contributed by atoms with E-state index in [0.29, 0.717) is 31.9 Å². The molecule has 0 aromatic heterocycles. The molecule has 0 unspecified atom stereocenters. The van der Waals surface area contributed by atoms with Crippen LogP contribution in [0.25, 0.3) is 0 Å². The van der Waals surface area contributed by atoms with Crippen LogP contribution < -0.4 is 4.90 Å². The molecule has 0 bridgehead atoms. The molecule has 1 saturated carbocycles. The summed E-state index contributed by atoms with van der Waals surface area (Å²) in [6.45, 7) is 4.66. The quantitative estimate of drug-likeness (QED) is 0.640. The van der Waals surface area contributed by atoms with Crippen LogP contribution in [0.4, 0.5) is 23.7 Å². The van der Waals surface area contributed by atoms with Gasteiger partial charge in [-0.1, -0.05) is 30.3 Å². The van der Waals surface area contributed by atoms with E-state index in [4.69, 9.17) is 4.74 Å². The molecule has 5 rings (SSSR count). The Morgan fingerprint density at radius 1 is 1.06 bits per heavy atom. The zero-order chi connectivity index (χ0) is 24.6. The van der Waals surface area contributed by atoms with Gasteiger partial charge >= 0.3 is 12.3 Å². The number of halogens is 3. The molecular weight excluding hydrogens is 457 g/mol. The van der Waals surface area contributed by atoms with E-state index in [1.165, 1.54) is 11.6 Å². The highest BCUT2D eigenvalue weighted by Gasteiger charge is 2.53. The van der Waals surface area contributed by atoms with Gasteiger partial charge in [0.2, 0.25) is 0 Å². The maximum atomic E-state index is 13.0. The van der Waals surface area contributed by atoms with Crippen LogP contribution in [0, 0.1) is 16.7 Å². The van der Waals surface area contributed by atoms with E-state index in [2.05, 4.69) is 29.2 Å². The highest BCUT2D eigenvalue weighted by Crippen LogP contribution is 2.50. The highest BCUT2D eigenvalue weighted by molar-refractivity contribution is 5.69. The second-order valence-corrected chi connectivity index (χ2v) is 9.86.